The van der Waals surface area contributed by atoms with E-state index in [1.165, 1.54) is 45.6 Å². The number of carbonyl (C=O) groups excluding carboxylic acids is 2. The van der Waals surface area contributed by atoms with Gasteiger partial charge in [-0.25, -0.2) is 0 Å². The van der Waals surface area contributed by atoms with Crippen LogP contribution in [0.15, 0.2) is 0 Å². The number of methoxy groups -OCH3 is 1. The molecule has 0 aliphatic rings. The fourth-order valence-electron chi connectivity index (χ4n) is 3.26. The Morgan fingerprint density at radius 2 is 1.41 bits per heavy atom. The van der Waals surface area contributed by atoms with E-state index in [0.29, 0.717) is 25.2 Å². The molecule has 0 aromatic rings. The molecule has 0 aliphatic heterocycles. The zero-order valence-corrected chi connectivity index (χ0v) is 22.1. The van der Waals surface area contributed by atoms with Crippen LogP contribution in [-0.2, 0) is 19.1 Å². The normalized spacial score (nSPS) is 13.5. The van der Waals surface area contributed by atoms with E-state index < -0.39 is 11.3 Å². The molecule has 0 heterocycles. The molecule has 2 unspecified atom stereocenters. The van der Waals surface area contributed by atoms with Gasteiger partial charge in [-0.2, -0.15) is 11.8 Å². The summed E-state index contributed by atoms with van der Waals surface area (Å²) in [5.74, 6) is 0.589. The maximum Gasteiger partial charge on any atom is 0.312 e. The van der Waals surface area contributed by atoms with Crippen molar-refractivity contribution in [3.05, 3.63) is 0 Å². The highest BCUT2D eigenvalue weighted by molar-refractivity contribution is 7.99. The van der Waals surface area contributed by atoms with Crippen molar-refractivity contribution in [3.63, 3.8) is 0 Å². The van der Waals surface area contributed by atoms with Crippen LogP contribution in [0.5, 0.6) is 0 Å². The fraction of sp³-hybridized carbons (Fsp3) is 0.920. The van der Waals surface area contributed by atoms with Crippen molar-refractivity contribution in [2.24, 2.45) is 11.3 Å². The molecule has 0 fully saturated rings. The third-order valence-corrected chi connectivity index (χ3v) is 6.42. The van der Waals surface area contributed by atoms with Crippen molar-refractivity contribution in [1.82, 2.24) is 0 Å². The molecule has 0 aromatic heterocycles. The Hall–Kier alpha value is -0.790. The molecule has 0 spiro atoms. The zero-order chi connectivity index (χ0) is 24.7. The summed E-state index contributed by atoms with van der Waals surface area (Å²) in [6.07, 6.45) is 11.3. The Bertz CT molecular complexity index is 446. The zero-order valence-electron chi connectivity index (χ0n) is 21.3. The average Bonchev–Trinajstić information content (AvgIpc) is 2.77. The molecule has 2 N–H and O–H groups in total. The van der Waals surface area contributed by atoms with E-state index in [1.807, 2.05) is 6.92 Å². The molecule has 0 bridgehead atoms. The SMILES string of the molecule is CCC.COC(=O)C(C)(CSCCCCCCCCCCO)CC(C)C(=O)OCCCO. The fourth-order valence-corrected chi connectivity index (χ4v) is 4.50. The van der Waals surface area contributed by atoms with Gasteiger partial charge in [0.15, 0.2) is 0 Å². The van der Waals surface area contributed by atoms with Gasteiger partial charge in [-0.3, -0.25) is 9.59 Å². The first-order valence-corrected chi connectivity index (χ1v) is 13.5. The number of ether oxygens (including phenoxy) is 2. The minimum atomic E-state index is -0.721. The predicted octanol–water partition coefficient (Wildman–Crippen LogP) is 5.38. The molecular weight excluding hydrogens is 428 g/mol. The molecule has 0 aliphatic carbocycles. The van der Waals surface area contributed by atoms with Gasteiger partial charge in [-0.15, -0.1) is 0 Å². The van der Waals surface area contributed by atoms with Gasteiger partial charge >= 0.3 is 11.9 Å². The third kappa shape index (κ3) is 18.8. The predicted molar refractivity (Wildman–Crippen MR) is 134 cm³/mol. The second kappa shape index (κ2) is 23.4. The average molecular weight is 479 g/mol. The van der Waals surface area contributed by atoms with Gasteiger partial charge in [0.25, 0.3) is 0 Å². The first-order valence-electron chi connectivity index (χ1n) is 12.4. The Labute approximate surface area is 201 Å². The van der Waals surface area contributed by atoms with Gasteiger partial charge in [0.2, 0.25) is 0 Å². The molecule has 0 saturated heterocycles. The van der Waals surface area contributed by atoms with Crippen molar-refractivity contribution in [2.45, 2.75) is 98.3 Å². The minimum absolute atomic E-state index is 0.0120. The number of rotatable bonds is 19. The highest BCUT2D eigenvalue weighted by Gasteiger charge is 2.37. The summed E-state index contributed by atoms with van der Waals surface area (Å²) in [5, 5.41) is 17.5. The van der Waals surface area contributed by atoms with E-state index in [4.69, 9.17) is 19.7 Å². The Balaban J connectivity index is 0. The van der Waals surface area contributed by atoms with Gasteiger partial charge in [0, 0.05) is 25.4 Å². The first-order chi connectivity index (χ1) is 15.3. The van der Waals surface area contributed by atoms with Crippen LogP contribution in [-0.4, -0.2) is 60.6 Å². The summed E-state index contributed by atoms with van der Waals surface area (Å²) in [6.45, 7) is 8.36. The molecule has 32 heavy (non-hydrogen) atoms. The van der Waals surface area contributed by atoms with Crippen LogP contribution in [0.4, 0.5) is 0 Å². The van der Waals surface area contributed by atoms with Crippen LogP contribution in [0.2, 0.25) is 0 Å². The number of hydrogen-bond acceptors (Lipinski definition) is 7. The van der Waals surface area contributed by atoms with Crippen molar-refractivity contribution in [3.8, 4) is 0 Å². The number of thioether (sulfide) groups is 1. The lowest BCUT2D eigenvalue weighted by molar-refractivity contribution is -0.155. The molecule has 0 aromatic carbocycles. The molecular formula is C25H50O6S. The number of aliphatic hydroxyl groups is 2. The van der Waals surface area contributed by atoms with Crippen LogP contribution >= 0.6 is 11.8 Å². The number of aliphatic hydroxyl groups excluding tert-OH is 2. The molecule has 7 heteroatoms. The second-order valence-corrected chi connectivity index (χ2v) is 9.82. The minimum Gasteiger partial charge on any atom is -0.469 e. The van der Waals surface area contributed by atoms with E-state index in [9.17, 15) is 9.59 Å². The van der Waals surface area contributed by atoms with Crippen molar-refractivity contribution >= 4 is 23.7 Å². The van der Waals surface area contributed by atoms with E-state index in [0.717, 1.165) is 25.0 Å². The Morgan fingerprint density at radius 3 is 1.91 bits per heavy atom. The highest BCUT2D eigenvalue weighted by Crippen LogP contribution is 2.32. The monoisotopic (exact) mass is 478 g/mol. The first kappa shape index (κ1) is 33.4. The second-order valence-electron chi connectivity index (χ2n) is 8.71. The maximum atomic E-state index is 12.3. The van der Waals surface area contributed by atoms with Crippen LogP contribution in [0.1, 0.15) is 98.3 Å². The van der Waals surface area contributed by atoms with Gasteiger partial charge in [-0.1, -0.05) is 65.7 Å². The van der Waals surface area contributed by atoms with E-state index >= 15 is 0 Å². The van der Waals surface area contributed by atoms with Gasteiger partial charge in [0.05, 0.1) is 25.0 Å². The topological polar surface area (TPSA) is 93.1 Å². The Morgan fingerprint density at radius 1 is 0.906 bits per heavy atom. The lowest BCUT2D eigenvalue weighted by Gasteiger charge is -2.28. The van der Waals surface area contributed by atoms with Crippen molar-refractivity contribution in [1.29, 1.82) is 0 Å². The van der Waals surface area contributed by atoms with Crippen LogP contribution in [0.3, 0.4) is 0 Å². The number of esters is 2. The molecule has 192 valence electrons. The maximum absolute atomic E-state index is 12.3. The quantitative estimate of drug-likeness (QED) is 0.190. The summed E-state index contributed by atoms with van der Waals surface area (Å²) in [4.78, 5) is 24.4. The van der Waals surface area contributed by atoms with Gasteiger partial charge in [0.1, 0.15) is 0 Å². The number of unbranched alkanes of at least 4 members (excludes halogenated alkanes) is 7. The Kier molecular flexibility index (Phi) is 24.4. The molecule has 0 amide bonds. The van der Waals surface area contributed by atoms with Crippen molar-refractivity contribution in [2.75, 3.05) is 38.4 Å². The molecule has 0 rings (SSSR count). The smallest absolute Gasteiger partial charge is 0.312 e. The highest BCUT2D eigenvalue weighted by atomic mass is 32.2. The third-order valence-electron chi connectivity index (χ3n) is 5.00. The number of hydrogen-bond donors (Lipinski definition) is 2. The molecule has 2 atom stereocenters. The largest absolute Gasteiger partial charge is 0.469 e. The van der Waals surface area contributed by atoms with Crippen LogP contribution in [0, 0.1) is 11.3 Å². The summed E-state index contributed by atoms with van der Waals surface area (Å²) >= 11 is 1.74. The van der Waals surface area contributed by atoms with Gasteiger partial charge < -0.3 is 19.7 Å². The lowest BCUT2D eigenvalue weighted by Crippen LogP contribution is -2.35. The molecule has 0 radical (unpaired) electrons. The summed E-state index contributed by atoms with van der Waals surface area (Å²) in [5.41, 5.74) is -0.721. The summed E-state index contributed by atoms with van der Waals surface area (Å²) in [7, 11) is 1.38. The van der Waals surface area contributed by atoms with Crippen LogP contribution < -0.4 is 0 Å². The summed E-state index contributed by atoms with van der Waals surface area (Å²) < 4.78 is 10.1. The standard InChI is InChI=1S/C22H42O6S.C3H8/c1-19(20(25)28-15-12-14-24)17-22(2,21(26)27-3)18-29-16-11-9-7-5-4-6-8-10-13-23;1-3-2/h19,23-24H,4-18H2,1-3H3;3H2,1-2H3. The molecule has 6 nitrogen and oxygen atoms in total. The van der Waals surface area contributed by atoms with E-state index in [2.05, 4.69) is 13.8 Å². The summed E-state index contributed by atoms with van der Waals surface area (Å²) in [6, 6.07) is 0. The van der Waals surface area contributed by atoms with E-state index in [-0.39, 0.29) is 25.2 Å². The molecule has 0 saturated carbocycles. The van der Waals surface area contributed by atoms with Crippen LogP contribution in [0.25, 0.3) is 0 Å². The van der Waals surface area contributed by atoms with Gasteiger partial charge in [-0.05, 0) is 31.9 Å². The van der Waals surface area contributed by atoms with Crippen molar-refractivity contribution < 1.29 is 29.3 Å². The number of carbonyl (C=O) groups is 2. The van der Waals surface area contributed by atoms with E-state index in [1.54, 1.807) is 18.7 Å². The lowest BCUT2D eigenvalue weighted by atomic mass is 9.83.